The second-order valence-electron chi connectivity index (χ2n) is 11.6. The van der Waals surface area contributed by atoms with Crippen molar-refractivity contribution in [1.29, 1.82) is 0 Å². The highest BCUT2D eigenvalue weighted by Crippen LogP contribution is 2.35. The van der Waals surface area contributed by atoms with Gasteiger partial charge in [0, 0.05) is 18.5 Å². The average molecular weight is 554 g/mol. The highest BCUT2D eigenvalue weighted by molar-refractivity contribution is 5.92. The number of ether oxygens (including phenoxy) is 1. The molecule has 1 fully saturated rings. The van der Waals surface area contributed by atoms with Gasteiger partial charge in [0.1, 0.15) is 29.2 Å². The van der Waals surface area contributed by atoms with Crippen molar-refractivity contribution >= 4 is 17.9 Å². The van der Waals surface area contributed by atoms with E-state index in [1.807, 2.05) is 13.8 Å². The highest BCUT2D eigenvalue weighted by atomic mass is 16.6. The minimum Gasteiger partial charge on any atom is -0.508 e. The third-order valence-electron chi connectivity index (χ3n) is 6.91. The number of alkyl carbamates (subject to hydrolysis) is 1. The standard InChI is InChI=1S/C31H43N3O6/c1-6-9-20(2)32-28(37)27(22-10-7-13-25(36)19-22)34(23-11-8-12-23)29(38)26(33-30(39)40-31(3,4)5)18-21-14-16-24(35)17-15-21/h7,10,13-17,19-20,23,26-27,35-36H,6,8-9,11-12,18H2,1-5H3,(H,32,37)(H,33,39). The number of amides is 3. The van der Waals surface area contributed by atoms with Crippen molar-refractivity contribution in [3.63, 3.8) is 0 Å². The largest absolute Gasteiger partial charge is 0.508 e. The van der Waals surface area contributed by atoms with Crippen LogP contribution in [0.3, 0.4) is 0 Å². The molecule has 2 aromatic carbocycles. The molecule has 0 heterocycles. The quantitative estimate of drug-likeness (QED) is 0.311. The number of nitrogens with zero attached hydrogens (tertiary/aromatic N) is 1. The number of nitrogens with one attached hydrogen (secondary N) is 2. The Morgan fingerprint density at radius 1 is 1.02 bits per heavy atom. The molecule has 3 unspecified atom stereocenters. The van der Waals surface area contributed by atoms with E-state index in [2.05, 4.69) is 10.6 Å². The van der Waals surface area contributed by atoms with Gasteiger partial charge in [-0.15, -0.1) is 0 Å². The molecule has 1 saturated carbocycles. The van der Waals surface area contributed by atoms with Gasteiger partial charge in [0.25, 0.3) is 0 Å². The lowest BCUT2D eigenvalue weighted by molar-refractivity contribution is -0.147. The molecular formula is C31H43N3O6. The summed E-state index contributed by atoms with van der Waals surface area (Å²) in [6, 6.07) is 10.4. The van der Waals surface area contributed by atoms with Crippen molar-refractivity contribution in [3.05, 3.63) is 59.7 Å². The Bertz CT molecular complexity index is 1160. The van der Waals surface area contributed by atoms with Gasteiger partial charge in [0.05, 0.1) is 0 Å². The van der Waals surface area contributed by atoms with Gasteiger partial charge < -0.3 is 30.5 Å². The van der Waals surface area contributed by atoms with E-state index in [-0.39, 0.29) is 35.9 Å². The smallest absolute Gasteiger partial charge is 0.408 e. The van der Waals surface area contributed by atoms with Gasteiger partial charge >= 0.3 is 6.09 Å². The summed E-state index contributed by atoms with van der Waals surface area (Å²) >= 11 is 0. The van der Waals surface area contributed by atoms with Crippen LogP contribution in [0.2, 0.25) is 0 Å². The van der Waals surface area contributed by atoms with E-state index in [1.165, 1.54) is 24.3 Å². The molecule has 9 nitrogen and oxygen atoms in total. The number of benzene rings is 2. The molecular weight excluding hydrogens is 510 g/mol. The topological polar surface area (TPSA) is 128 Å². The lowest BCUT2D eigenvalue weighted by Gasteiger charge is -2.44. The molecule has 1 aliphatic rings. The Kier molecular flexibility index (Phi) is 10.4. The van der Waals surface area contributed by atoms with Gasteiger partial charge in [0.2, 0.25) is 11.8 Å². The van der Waals surface area contributed by atoms with Crippen molar-refractivity contribution in [2.75, 3.05) is 0 Å². The Balaban J connectivity index is 2.03. The maximum atomic E-state index is 14.4. The average Bonchev–Trinajstić information content (AvgIpc) is 2.82. The van der Waals surface area contributed by atoms with Gasteiger partial charge in [-0.05, 0) is 88.8 Å². The molecule has 3 amide bonds. The van der Waals surface area contributed by atoms with Gasteiger partial charge in [-0.2, -0.15) is 0 Å². The third-order valence-corrected chi connectivity index (χ3v) is 6.91. The number of hydrogen-bond donors (Lipinski definition) is 4. The summed E-state index contributed by atoms with van der Waals surface area (Å²) in [6.45, 7) is 9.18. The third kappa shape index (κ3) is 8.63. The molecule has 3 atom stereocenters. The molecule has 0 saturated heterocycles. The first-order valence-electron chi connectivity index (χ1n) is 14.1. The predicted octanol–water partition coefficient (Wildman–Crippen LogP) is 4.96. The lowest BCUT2D eigenvalue weighted by atomic mass is 9.87. The first kappa shape index (κ1) is 30.8. The molecule has 0 bridgehead atoms. The number of phenolic OH excluding ortho intramolecular Hbond substituents is 2. The van der Waals surface area contributed by atoms with E-state index in [1.54, 1.807) is 49.9 Å². The summed E-state index contributed by atoms with van der Waals surface area (Å²) in [6.07, 6.45) is 3.40. The van der Waals surface area contributed by atoms with E-state index in [4.69, 9.17) is 4.74 Å². The number of phenols is 2. The predicted molar refractivity (Wildman–Crippen MR) is 153 cm³/mol. The SMILES string of the molecule is CCCC(C)NC(=O)C(c1cccc(O)c1)N(C(=O)C(Cc1ccc(O)cc1)NC(=O)OC(C)(C)C)C1CCC1. The number of carbonyl (C=O) groups is 3. The van der Waals surface area contributed by atoms with Crippen LogP contribution in [0.5, 0.6) is 11.5 Å². The fourth-order valence-electron chi connectivity index (χ4n) is 4.84. The van der Waals surface area contributed by atoms with E-state index in [9.17, 15) is 24.6 Å². The fraction of sp³-hybridized carbons (Fsp3) is 0.516. The number of carbonyl (C=O) groups excluding carboxylic acids is 3. The molecule has 3 rings (SSSR count). The zero-order valence-electron chi connectivity index (χ0n) is 24.1. The van der Waals surface area contributed by atoms with Crippen LogP contribution in [0.4, 0.5) is 4.79 Å². The molecule has 0 radical (unpaired) electrons. The minimum atomic E-state index is -1.04. The Morgan fingerprint density at radius 3 is 2.25 bits per heavy atom. The number of rotatable bonds is 11. The number of aromatic hydroxyl groups is 2. The van der Waals surface area contributed by atoms with Crippen molar-refractivity contribution in [2.24, 2.45) is 0 Å². The second kappa shape index (κ2) is 13.5. The van der Waals surface area contributed by atoms with E-state index in [0.717, 1.165) is 37.7 Å². The lowest BCUT2D eigenvalue weighted by Crippen LogP contribution is -2.58. The van der Waals surface area contributed by atoms with E-state index >= 15 is 0 Å². The molecule has 0 aromatic heterocycles. The molecule has 2 aromatic rings. The van der Waals surface area contributed by atoms with Crippen LogP contribution in [0.1, 0.15) is 83.9 Å². The van der Waals surface area contributed by atoms with Gasteiger partial charge in [0.15, 0.2) is 0 Å². The summed E-state index contributed by atoms with van der Waals surface area (Å²) < 4.78 is 5.47. The van der Waals surface area contributed by atoms with Gasteiger partial charge in [-0.1, -0.05) is 37.6 Å². The molecule has 0 spiro atoms. The fourth-order valence-corrected chi connectivity index (χ4v) is 4.84. The molecule has 1 aliphatic carbocycles. The molecule has 0 aliphatic heterocycles. The zero-order chi connectivity index (χ0) is 29.4. The van der Waals surface area contributed by atoms with E-state index < -0.39 is 29.7 Å². The summed E-state index contributed by atoms with van der Waals surface area (Å²) in [7, 11) is 0. The summed E-state index contributed by atoms with van der Waals surface area (Å²) in [4.78, 5) is 42.7. The second-order valence-corrected chi connectivity index (χ2v) is 11.6. The number of hydrogen-bond acceptors (Lipinski definition) is 6. The molecule has 40 heavy (non-hydrogen) atoms. The first-order chi connectivity index (χ1) is 18.9. The van der Waals surface area contributed by atoms with Crippen LogP contribution in [0.25, 0.3) is 0 Å². The van der Waals surface area contributed by atoms with Crippen molar-refractivity contribution in [1.82, 2.24) is 15.5 Å². The van der Waals surface area contributed by atoms with Gasteiger partial charge in [-0.25, -0.2) is 4.79 Å². The van der Waals surface area contributed by atoms with Gasteiger partial charge in [-0.3, -0.25) is 9.59 Å². The van der Waals surface area contributed by atoms with Crippen molar-refractivity contribution in [3.8, 4) is 11.5 Å². The maximum absolute atomic E-state index is 14.4. The Morgan fingerprint density at radius 2 is 1.70 bits per heavy atom. The zero-order valence-corrected chi connectivity index (χ0v) is 24.1. The van der Waals surface area contributed by atoms with Crippen molar-refractivity contribution < 1.29 is 29.3 Å². The molecule has 4 N–H and O–H groups in total. The van der Waals surface area contributed by atoms with Crippen LogP contribution in [-0.2, 0) is 20.7 Å². The van der Waals surface area contributed by atoms with Crippen LogP contribution >= 0.6 is 0 Å². The summed E-state index contributed by atoms with van der Waals surface area (Å²) in [5.74, 6) is -0.683. The summed E-state index contributed by atoms with van der Waals surface area (Å²) in [5.41, 5.74) is 0.432. The minimum absolute atomic E-state index is 0.00885. The summed E-state index contributed by atoms with van der Waals surface area (Å²) in [5, 5.41) is 25.8. The Labute approximate surface area is 236 Å². The normalized spacial score (nSPS) is 15.7. The maximum Gasteiger partial charge on any atom is 0.408 e. The molecule has 218 valence electrons. The van der Waals surface area contributed by atoms with Crippen LogP contribution in [0, 0.1) is 0 Å². The first-order valence-corrected chi connectivity index (χ1v) is 14.1. The van der Waals surface area contributed by atoms with Crippen LogP contribution < -0.4 is 10.6 Å². The van der Waals surface area contributed by atoms with Crippen LogP contribution in [-0.4, -0.2) is 56.7 Å². The highest BCUT2D eigenvalue weighted by Gasteiger charge is 2.42. The van der Waals surface area contributed by atoms with E-state index in [0.29, 0.717) is 5.56 Å². The Hall–Kier alpha value is -3.75. The monoisotopic (exact) mass is 553 g/mol. The van der Waals surface area contributed by atoms with Crippen LogP contribution in [0.15, 0.2) is 48.5 Å². The molecule has 9 heteroatoms. The van der Waals surface area contributed by atoms with Crippen molar-refractivity contribution in [2.45, 2.75) is 103 Å².